The maximum absolute atomic E-state index is 13.7. The molecule has 0 saturated carbocycles. The number of ether oxygens (including phenoxy) is 2. The first-order valence-electron chi connectivity index (χ1n) is 8.74. The van der Waals surface area contributed by atoms with Crippen LogP contribution in [0, 0.1) is 5.82 Å². The Balaban J connectivity index is 1.58. The number of carbonyl (C=O) groups is 2. The monoisotopic (exact) mass is 394 g/mol. The standard InChI is InChI=1S/C22H19FN2O4/c1-28-20-11-2-14(12-19(20)23)13-25-22(27)16-5-9-18(10-6-16)29-17-7-3-15(4-8-17)21(24)26/h2-12H,13H2,1H3,(H2,24,26)(H,25,27). The minimum atomic E-state index is -0.510. The van der Waals surface area contributed by atoms with Crippen LogP contribution < -0.4 is 20.5 Å². The Morgan fingerprint density at radius 3 is 2.03 bits per heavy atom. The first kappa shape index (κ1) is 19.9. The van der Waals surface area contributed by atoms with E-state index in [1.165, 1.54) is 19.2 Å². The molecule has 0 aliphatic carbocycles. The number of nitrogens with two attached hydrogens (primary N) is 1. The summed E-state index contributed by atoms with van der Waals surface area (Å²) in [6.07, 6.45) is 0. The lowest BCUT2D eigenvalue weighted by atomic mass is 10.1. The van der Waals surface area contributed by atoms with Gasteiger partial charge in [-0.3, -0.25) is 9.59 Å². The molecule has 3 aromatic rings. The second-order valence-corrected chi connectivity index (χ2v) is 6.17. The molecule has 0 aromatic heterocycles. The molecule has 3 rings (SSSR count). The second kappa shape index (κ2) is 8.88. The molecular weight excluding hydrogens is 375 g/mol. The summed E-state index contributed by atoms with van der Waals surface area (Å²) in [4.78, 5) is 23.4. The molecule has 0 fully saturated rings. The van der Waals surface area contributed by atoms with Crippen LogP contribution in [0.3, 0.4) is 0 Å². The van der Waals surface area contributed by atoms with Crippen LogP contribution in [-0.4, -0.2) is 18.9 Å². The summed E-state index contributed by atoms with van der Waals surface area (Å²) < 4.78 is 24.3. The van der Waals surface area contributed by atoms with E-state index in [2.05, 4.69) is 5.32 Å². The lowest BCUT2D eigenvalue weighted by Gasteiger charge is -2.09. The quantitative estimate of drug-likeness (QED) is 0.640. The van der Waals surface area contributed by atoms with Crippen LogP contribution in [0.2, 0.25) is 0 Å². The largest absolute Gasteiger partial charge is 0.494 e. The van der Waals surface area contributed by atoms with Gasteiger partial charge in [-0.05, 0) is 66.2 Å². The molecule has 29 heavy (non-hydrogen) atoms. The fourth-order valence-corrected chi connectivity index (χ4v) is 2.60. The molecule has 6 nitrogen and oxygen atoms in total. The van der Waals surface area contributed by atoms with E-state index in [9.17, 15) is 14.0 Å². The van der Waals surface area contributed by atoms with E-state index in [1.807, 2.05) is 0 Å². The number of hydrogen-bond acceptors (Lipinski definition) is 4. The summed E-state index contributed by atoms with van der Waals surface area (Å²) in [5.74, 6) is -0.0632. The predicted molar refractivity (Wildman–Crippen MR) is 106 cm³/mol. The molecule has 0 aliphatic heterocycles. The van der Waals surface area contributed by atoms with Crippen LogP contribution in [0.4, 0.5) is 4.39 Å². The van der Waals surface area contributed by atoms with Gasteiger partial charge in [-0.25, -0.2) is 4.39 Å². The van der Waals surface area contributed by atoms with Gasteiger partial charge < -0.3 is 20.5 Å². The van der Waals surface area contributed by atoms with Crippen molar-refractivity contribution in [3.63, 3.8) is 0 Å². The summed E-state index contributed by atoms with van der Waals surface area (Å²) in [5.41, 5.74) is 6.65. The van der Waals surface area contributed by atoms with Crippen molar-refractivity contribution in [2.24, 2.45) is 5.73 Å². The number of amides is 2. The number of primary amides is 1. The van der Waals surface area contributed by atoms with Gasteiger partial charge >= 0.3 is 0 Å². The molecule has 0 unspecified atom stereocenters. The van der Waals surface area contributed by atoms with E-state index in [0.717, 1.165) is 0 Å². The Morgan fingerprint density at radius 1 is 0.931 bits per heavy atom. The van der Waals surface area contributed by atoms with Crippen molar-refractivity contribution >= 4 is 11.8 Å². The van der Waals surface area contributed by atoms with E-state index in [1.54, 1.807) is 54.6 Å². The summed E-state index contributed by atoms with van der Waals surface area (Å²) in [5, 5.41) is 2.73. The van der Waals surface area contributed by atoms with Gasteiger partial charge in [-0.2, -0.15) is 0 Å². The highest BCUT2D eigenvalue weighted by Gasteiger charge is 2.08. The maximum Gasteiger partial charge on any atom is 0.251 e. The van der Waals surface area contributed by atoms with E-state index in [-0.39, 0.29) is 18.2 Å². The van der Waals surface area contributed by atoms with Crippen molar-refractivity contribution in [3.8, 4) is 17.2 Å². The average Bonchev–Trinajstić information content (AvgIpc) is 2.73. The minimum Gasteiger partial charge on any atom is -0.494 e. The van der Waals surface area contributed by atoms with Crippen LogP contribution in [-0.2, 0) is 6.54 Å². The van der Waals surface area contributed by atoms with Gasteiger partial charge in [0, 0.05) is 17.7 Å². The van der Waals surface area contributed by atoms with E-state index < -0.39 is 11.7 Å². The summed E-state index contributed by atoms with van der Waals surface area (Å²) in [6.45, 7) is 0.185. The third-order valence-electron chi connectivity index (χ3n) is 4.16. The number of rotatable bonds is 7. The summed E-state index contributed by atoms with van der Waals surface area (Å²) >= 11 is 0. The maximum atomic E-state index is 13.7. The van der Waals surface area contributed by atoms with E-state index >= 15 is 0 Å². The molecule has 7 heteroatoms. The molecule has 0 spiro atoms. The average molecular weight is 394 g/mol. The van der Waals surface area contributed by atoms with Crippen LogP contribution in [0.25, 0.3) is 0 Å². The van der Waals surface area contributed by atoms with Crippen molar-refractivity contribution < 1.29 is 23.5 Å². The Bertz CT molecular complexity index is 1020. The molecule has 2 amide bonds. The number of benzene rings is 3. The van der Waals surface area contributed by atoms with Gasteiger partial charge in [0.1, 0.15) is 11.5 Å². The number of methoxy groups -OCH3 is 1. The van der Waals surface area contributed by atoms with Crippen LogP contribution >= 0.6 is 0 Å². The topological polar surface area (TPSA) is 90.7 Å². The minimum absolute atomic E-state index is 0.153. The Labute approximate surface area is 167 Å². The Hall–Kier alpha value is -3.87. The highest BCUT2D eigenvalue weighted by atomic mass is 19.1. The number of halogens is 1. The molecule has 0 heterocycles. The highest BCUT2D eigenvalue weighted by molar-refractivity contribution is 5.94. The summed E-state index contributed by atoms with van der Waals surface area (Å²) in [6, 6.07) is 17.5. The molecule has 0 aliphatic rings. The fourth-order valence-electron chi connectivity index (χ4n) is 2.60. The Morgan fingerprint density at radius 2 is 1.52 bits per heavy atom. The fraction of sp³-hybridized carbons (Fsp3) is 0.0909. The molecular formula is C22H19FN2O4. The molecule has 0 bridgehead atoms. The summed E-state index contributed by atoms with van der Waals surface area (Å²) in [7, 11) is 1.39. The molecule has 0 atom stereocenters. The zero-order valence-electron chi connectivity index (χ0n) is 15.6. The SMILES string of the molecule is COc1ccc(CNC(=O)c2ccc(Oc3ccc(C(N)=O)cc3)cc2)cc1F. The van der Waals surface area contributed by atoms with Crippen molar-refractivity contribution in [2.45, 2.75) is 6.54 Å². The molecule has 3 N–H and O–H groups in total. The lowest BCUT2D eigenvalue weighted by molar-refractivity contribution is 0.0949. The zero-order chi connectivity index (χ0) is 20.8. The van der Waals surface area contributed by atoms with Crippen molar-refractivity contribution in [3.05, 3.63) is 89.2 Å². The normalized spacial score (nSPS) is 10.3. The van der Waals surface area contributed by atoms with Gasteiger partial charge in [0.15, 0.2) is 11.6 Å². The van der Waals surface area contributed by atoms with Crippen molar-refractivity contribution in [1.29, 1.82) is 0 Å². The van der Waals surface area contributed by atoms with E-state index in [0.29, 0.717) is 28.2 Å². The predicted octanol–water partition coefficient (Wildman–Crippen LogP) is 3.66. The lowest BCUT2D eigenvalue weighted by Crippen LogP contribution is -2.22. The second-order valence-electron chi connectivity index (χ2n) is 6.17. The molecule has 0 radical (unpaired) electrons. The van der Waals surface area contributed by atoms with Crippen LogP contribution in [0.5, 0.6) is 17.2 Å². The molecule has 0 saturated heterocycles. The molecule has 148 valence electrons. The van der Waals surface area contributed by atoms with E-state index in [4.69, 9.17) is 15.2 Å². The van der Waals surface area contributed by atoms with Gasteiger partial charge in [0.2, 0.25) is 5.91 Å². The highest BCUT2D eigenvalue weighted by Crippen LogP contribution is 2.22. The van der Waals surface area contributed by atoms with Gasteiger partial charge in [-0.15, -0.1) is 0 Å². The van der Waals surface area contributed by atoms with Crippen LogP contribution in [0.15, 0.2) is 66.7 Å². The zero-order valence-corrected chi connectivity index (χ0v) is 15.6. The van der Waals surface area contributed by atoms with Gasteiger partial charge in [0.05, 0.1) is 7.11 Å². The Kier molecular flexibility index (Phi) is 6.09. The molecule has 3 aromatic carbocycles. The number of nitrogens with one attached hydrogen (secondary N) is 1. The first-order chi connectivity index (χ1) is 14.0. The van der Waals surface area contributed by atoms with Gasteiger partial charge in [0.25, 0.3) is 5.91 Å². The third-order valence-corrected chi connectivity index (χ3v) is 4.16. The third kappa shape index (κ3) is 5.10. The number of carbonyl (C=O) groups excluding carboxylic acids is 2. The van der Waals surface area contributed by atoms with Crippen molar-refractivity contribution in [2.75, 3.05) is 7.11 Å². The van der Waals surface area contributed by atoms with Gasteiger partial charge in [-0.1, -0.05) is 6.07 Å². The number of hydrogen-bond donors (Lipinski definition) is 2. The first-order valence-corrected chi connectivity index (χ1v) is 8.74. The van der Waals surface area contributed by atoms with Crippen molar-refractivity contribution in [1.82, 2.24) is 5.32 Å². The van der Waals surface area contributed by atoms with Crippen LogP contribution in [0.1, 0.15) is 26.3 Å². The smallest absolute Gasteiger partial charge is 0.251 e.